The zero-order valence-corrected chi connectivity index (χ0v) is 12.3. The van der Waals surface area contributed by atoms with Crippen molar-refractivity contribution in [2.24, 2.45) is 0 Å². The van der Waals surface area contributed by atoms with Gasteiger partial charge in [0.15, 0.2) is 0 Å². The van der Waals surface area contributed by atoms with Crippen LogP contribution < -0.4 is 5.73 Å². The summed E-state index contributed by atoms with van der Waals surface area (Å²) >= 11 is 0. The molecule has 1 fully saturated rings. The van der Waals surface area contributed by atoms with Gasteiger partial charge in [-0.05, 0) is 26.2 Å². The average molecular weight is 280 g/mol. The third kappa shape index (κ3) is 3.12. The molecule has 0 bridgehead atoms. The Kier molecular flexibility index (Phi) is 5.00. The van der Waals surface area contributed by atoms with E-state index in [1.165, 1.54) is 0 Å². The standard InChI is InChI=1S/C14H24N4O2/c1-3-8-20-11-6-5-7-17(10-11)14(19)13-12(15)9-16-18(13)4-2/h9,11H,3-8,10,15H2,1-2H3. The van der Waals surface area contributed by atoms with Crippen LogP contribution >= 0.6 is 0 Å². The quantitative estimate of drug-likeness (QED) is 0.887. The van der Waals surface area contributed by atoms with Gasteiger partial charge in [0.25, 0.3) is 5.91 Å². The molecule has 0 aliphatic carbocycles. The third-order valence-corrected chi connectivity index (χ3v) is 3.59. The summed E-state index contributed by atoms with van der Waals surface area (Å²) in [5, 5.41) is 4.13. The molecule has 1 amide bonds. The van der Waals surface area contributed by atoms with E-state index in [4.69, 9.17) is 10.5 Å². The lowest BCUT2D eigenvalue weighted by molar-refractivity contribution is 0.00176. The van der Waals surface area contributed by atoms with E-state index in [0.717, 1.165) is 32.4 Å². The molecule has 1 aliphatic rings. The largest absolute Gasteiger partial charge is 0.396 e. The molecule has 1 aromatic heterocycles. The molecule has 0 radical (unpaired) electrons. The van der Waals surface area contributed by atoms with E-state index in [1.54, 1.807) is 10.9 Å². The summed E-state index contributed by atoms with van der Waals surface area (Å²) in [5.74, 6) is -0.0355. The first-order valence-electron chi connectivity index (χ1n) is 7.39. The molecule has 112 valence electrons. The Labute approximate surface area is 119 Å². The van der Waals surface area contributed by atoms with Crippen molar-refractivity contribution in [3.05, 3.63) is 11.9 Å². The molecule has 1 saturated heterocycles. The first kappa shape index (κ1) is 14.8. The number of hydrogen-bond donors (Lipinski definition) is 1. The Morgan fingerprint density at radius 3 is 3.05 bits per heavy atom. The minimum absolute atomic E-state index is 0.0355. The summed E-state index contributed by atoms with van der Waals surface area (Å²) in [6.45, 7) is 6.84. The number of nitrogens with zero attached hydrogens (tertiary/aromatic N) is 3. The Morgan fingerprint density at radius 1 is 1.55 bits per heavy atom. The van der Waals surface area contributed by atoms with Gasteiger partial charge in [-0.2, -0.15) is 5.10 Å². The number of likely N-dealkylation sites (tertiary alicyclic amines) is 1. The fourth-order valence-electron chi connectivity index (χ4n) is 2.57. The van der Waals surface area contributed by atoms with Crippen molar-refractivity contribution >= 4 is 11.6 Å². The van der Waals surface area contributed by atoms with Crippen LogP contribution in [0.5, 0.6) is 0 Å². The lowest BCUT2D eigenvalue weighted by atomic mass is 10.1. The van der Waals surface area contributed by atoms with Crippen LogP contribution in [-0.4, -0.2) is 46.4 Å². The minimum Gasteiger partial charge on any atom is -0.396 e. The van der Waals surface area contributed by atoms with Crippen molar-refractivity contribution in [1.29, 1.82) is 0 Å². The van der Waals surface area contributed by atoms with E-state index < -0.39 is 0 Å². The van der Waals surface area contributed by atoms with E-state index in [2.05, 4.69) is 12.0 Å². The molecule has 1 atom stereocenters. The number of hydrogen-bond acceptors (Lipinski definition) is 4. The number of carbonyl (C=O) groups excluding carboxylic acids is 1. The molecular formula is C14H24N4O2. The van der Waals surface area contributed by atoms with Gasteiger partial charge >= 0.3 is 0 Å². The number of piperidine rings is 1. The Hall–Kier alpha value is -1.56. The zero-order valence-electron chi connectivity index (χ0n) is 12.3. The second-order valence-corrected chi connectivity index (χ2v) is 5.15. The number of nitrogen functional groups attached to an aromatic ring is 1. The highest BCUT2D eigenvalue weighted by atomic mass is 16.5. The normalized spacial score (nSPS) is 19.3. The summed E-state index contributed by atoms with van der Waals surface area (Å²) in [7, 11) is 0. The molecule has 1 aromatic rings. The number of carbonyl (C=O) groups is 1. The maximum absolute atomic E-state index is 12.6. The van der Waals surface area contributed by atoms with Gasteiger partial charge in [0.1, 0.15) is 5.69 Å². The van der Waals surface area contributed by atoms with Gasteiger partial charge in [0.05, 0.1) is 18.0 Å². The van der Waals surface area contributed by atoms with E-state index >= 15 is 0 Å². The second-order valence-electron chi connectivity index (χ2n) is 5.15. The molecule has 1 aliphatic heterocycles. The molecule has 2 N–H and O–H groups in total. The lowest BCUT2D eigenvalue weighted by Gasteiger charge is -2.32. The number of nitrogens with two attached hydrogens (primary N) is 1. The third-order valence-electron chi connectivity index (χ3n) is 3.59. The van der Waals surface area contributed by atoms with Gasteiger partial charge in [0, 0.05) is 26.2 Å². The van der Waals surface area contributed by atoms with Crippen molar-refractivity contribution < 1.29 is 9.53 Å². The Balaban J connectivity index is 2.06. The van der Waals surface area contributed by atoms with Gasteiger partial charge in [-0.1, -0.05) is 6.92 Å². The SMILES string of the molecule is CCCOC1CCCN(C(=O)c2c(N)cnn2CC)C1. The molecule has 2 rings (SSSR count). The molecule has 0 aromatic carbocycles. The van der Waals surface area contributed by atoms with E-state index in [1.807, 2.05) is 11.8 Å². The van der Waals surface area contributed by atoms with Crippen LogP contribution in [0, 0.1) is 0 Å². The van der Waals surface area contributed by atoms with Crippen LogP contribution in [0.3, 0.4) is 0 Å². The fraction of sp³-hybridized carbons (Fsp3) is 0.714. The molecule has 0 spiro atoms. The molecule has 6 heteroatoms. The maximum atomic E-state index is 12.6. The second kappa shape index (κ2) is 6.74. The molecule has 6 nitrogen and oxygen atoms in total. The number of aromatic nitrogens is 2. The van der Waals surface area contributed by atoms with Crippen molar-refractivity contribution in [3.8, 4) is 0 Å². The van der Waals surface area contributed by atoms with Crippen molar-refractivity contribution in [2.75, 3.05) is 25.4 Å². The highest BCUT2D eigenvalue weighted by molar-refractivity contribution is 5.97. The molecule has 0 saturated carbocycles. The van der Waals surface area contributed by atoms with Crippen molar-refractivity contribution in [3.63, 3.8) is 0 Å². The van der Waals surface area contributed by atoms with Crippen LogP contribution in [-0.2, 0) is 11.3 Å². The van der Waals surface area contributed by atoms with Gasteiger partial charge < -0.3 is 15.4 Å². The van der Waals surface area contributed by atoms with E-state index in [-0.39, 0.29) is 12.0 Å². The lowest BCUT2D eigenvalue weighted by Crippen LogP contribution is -2.44. The summed E-state index contributed by atoms with van der Waals surface area (Å²) in [6.07, 6.45) is 4.69. The van der Waals surface area contributed by atoms with Crippen LogP contribution in [0.4, 0.5) is 5.69 Å². The molecule has 2 heterocycles. The summed E-state index contributed by atoms with van der Waals surface area (Å²) in [6, 6.07) is 0. The van der Waals surface area contributed by atoms with Crippen LogP contribution in [0.15, 0.2) is 6.20 Å². The highest BCUT2D eigenvalue weighted by Crippen LogP contribution is 2.19. The van der Waals surface area contributed by atoms with E-state index in [0.29, 0.717) is 24.5 Å². The predicted octanol–water partition coefficient (Wildman–Crippen LogP) is 1.52. The van der Waals surface area contributed by atoms with Gasteiger partial charge in [-0.3, -0.25) is 9.48 Å². The number of anilines is 1. The fourth-order valence-corrected chi connectivity index (χ4v) is 2.57. The van der Waals surface area contributed by atoms with Gasteiger partial charge in [-0.15, -0.1) is 0 Å². The van der Waals surface area contributed by atoms with Crippen molar-refractivity contribution in [2.45, 2.75) is 45.8 Å². The van der Waals surface area contributed by atoms with E-state index in [9.17, 15) is 4.79 Å². The first-order valence-corrected chi connectivity index (χ1v) is 7.39. The topological polar surface area (TPSA) is 73.4 Å². The first-order chi connectivity index (χ1) is 9.67. The smallest absolute Gasteiger partial charge is 0.274 e. The monoisotopic (exact) mass is 280 g/mol. The summed E-state index contributed by atoms with van der Waals surface area (Å²) < 4.78 is 7.43. The molecule has 1 unspecified atom stereocenters. The number of aryl methyl sites for hydroxylation is 1. The van der Waals surface area contributed by atoms with Crippen LogP contribution in [0.1, 0.15) is 43.6 Å². The molecular weight excluding hydrogens is 256 g/mol. The van der Waals surface area contributed by atoms with Gasteiger partial charge in [0.2, 0.25) is 0 Å². The predicted molar refractivity (Wildman–Crippen MR) is 77.5 cm³/mol. The Morgan fingerprint density at radius 2 is 2.35 bits per heavy atom. The van der Waals surface area contributed by atoms with Crippen LogP contribution in [0.2, 0.25) is 0 Å². The molecule has 20 heavy (non-hydrogen) atoms. The highest BCUT2D eigenvalue weighted by Gasteiger charge is 2.28. The number of ether oxygens (including phenoxy) is 1. The number of amides is 1. The zero-order chi connectivity index (χ0) is 14.5. The van der Waals surface area contributed by atoms with Crippen molar-refractivity contribution in [1.82, 2.24) is 14.7 Å². The minimum atomic E-state index is -0.0355. The summed E-state index contributed by atoms with van der Waals surface area (Å²) in [5.41, 5.74) is 6.83. The Bertz CT molecular complexity index is 458. The van der Waals surface area contributed by atoms with Gasteiger partial charge in [-0.25, -0.2) is 0 Å². The number of rotatable bonds is 5. The maximum Gasteiger partial charge on any atom is 0.274 e. The average Bonchev–Trinajstić information content (AvgIpc) is 2.85. The summed E-state index contributed by atoms with van der Waals surface area (Å²) in [4.78, 5) is 14.4. The van der Waals surface area contributed by atoms with Crippen LogP contribution in [0.25, 0.3) is 0 Å².